The molecule has 1 rings (SSSR count). The molecule has 0 aromatic heterocycles. The largest absolute Gasteiger partial charge is 0.399 e. The van der Waals surface area contributed by atoms with Crippen molar-refractivity contribution in [3.8, 4) is 0 Å². The number of carbonyl (C=O) groups is 1. The second-order valence-corrected chi connectivity index (χ2v) is 4.76. The van der Waals surface area contributed by atoms with Crippen LogP contribution in [0, 0.1) is 6.92 Å². The van der Waals surface area contributed by atoms with Crippen LogP contribution < -0.4 is 11.1 Å². The number of nitrogens with two attached hydrogens (primary N) is 1. The first-order valence-corrected chi connectivity index (χ1v) is 6.95. The number of hydrogen-bond donors (Lipinski definition) is 2. The van der Waals surface area contributed by atoms with Crippen molar-refractivity contribution in [1.82, 2.24) is 10.2 Å². The van der Waals surface area contributed by atoms with Crippen LogP contribution in [-0.2, 0) is 0 Å². The Morgan fingerprint density at radius 3 is 2.68 bits per heavy atom. The highest BCUT2D eigenvalue weighted by Crippen LogP contribution is 2.12. The van der Waals surface area contributed by atoms with Gasteiger partial charge in [0.05, 0.1) is 0 Å². The lowest BCUT2D eigenvalue weighted by atomic mass is 10.1. The number of nitrogen functional groups attached to an aromatic ring is 1. The third-order valence-corrected chi connectivity index (χ3v) is 3.21. The number of aryl methyl sites for hydroxylation is 1. The second-order valence-electron chi connectivity index (χ2n) is 4.76. The van der Waals surface area contributed by atoms with Crippen molar-refractivity contribution < 1.29 is 4.79 Å². The first kappa shape index (κ1) is 15.5. The van der Waals surface area contributed by atoms with Gasteiger partial charge in [-0.2, -0.15) is 0 Å². The monoisotopic (exact) mass is 263 g/mol. The Bertz CT molecular complexity index is 418. The SMILES string of the molecule is CCCN(CC)CCNC(=O)c1cc(N)ccc1C. The van der Waals surface area contributed by atoms with Crippen molar-refractivity contribution in [3.63, 3.8) is 0 Å². The summed E-state index contributed by atoms with van der Waals surface area (Å²) in [6.45, 7) is 9.86. The van der Waals surface area contributed by atoms with Gasteiger partial charge >= 0.3 is 0 Å². The first-order valence-electron chi connectivity index (χ1n) is 6.95. The van der Waals surface area contributed by atoms with E-state index < -0.39 is 0 Å². The van der Waals surface area contributed by atoms with Crippen LogP contribution in [0.3, 0.4) is 0 Å². The van der Waals surface area contributed by atoms with Gasteiger partial charge in [-0.25, -0.2) is 0 Å². The molecule has 0 heterocycles. The molecule has 0 fully saturated rings. The van der Waals surface area contributed by atoms with Crippen LogP contribution in [-0.4, -0.2) is 37.0 Å². The number of benzene rings is 1. The molecule has 0 spiro atoms. The highest BCUT2D eigenvalue weighted by Gasteiger charge is 2.09. The van der Waals surface area contributed by atoms with Crippen LogP contribution in [0.4, 0.5) is 5.69 Å². The summed E-state index contributed by atoms with van der Waals surface area (Å²) in [6.07, 6.45) is 1.14. The summed E-state index contributed by atoms with van der Waals surface area (Å²) in [4.78, 5) is 14.4. The van der Waals surface area contributed by atoms with Gasteiger partial charge in [0.15, 0.2) is 0 Å². The molecule has 1 amide bonds. The van der Waals surface area contributed by atoms with Crippen molar-refractivity contribution in [2.24, 2.45) is 0 Å². The molecule has 1 aromatic carbocycles. The maximum atomic E-state index is 12.1. The fourth-order valence-corrected chi connectivity index (χ4v) is 2.05. The number of hydrogen-bond acceptors (Lipinski definition) is 3. The molecular formula is C15H25N3O. The Morgan fingerprint density at radius 2 is 2.05 bits per heavy atom. The Kier molecular flexibility index (Phi) is 6.36. The van der Waals surface area contributed by atoms with Gasteiger partial charge in [0.1, 0.15) is 0 Å². The van der Waals surface area contributed by atoms with Crippen LogP contribution in [0.15, 0.2) is 18.2 Å². The molecule has 0 aliphatic rings. The molecule has 0 bridgehead atoms. The zero-order valence-electron chi connectivity index (χ0n) is 12.2. The highest BCUT2D eigenvalue weighted by atomic mass is 16.1. The average molecular weight is 263 g/mol. The summed E-state index contributed by atoms with van der Waals surface area (Å²) < 4.78 is 0. The standard InChI is InChI=1S/C15H25N3O/c1-4-9-18(5-2)10-8-17-15(19)14-11-13(16)7-6-12(14)3/h6-7,11H,4-5,8-10,16H2,1-3H3,(H,17,19). The Hall–Kier alpha value is -1.55. The molecular weight excluding hydrogens is 238 g/mol. The van der Waals surface area contributed by atoms with Gasteiger partial charge in [-0.1, -0.05) is 19.9 Å². The van der Waals surface area contributed by atoms with E-state index in [1.165, 1.54) is 0 Å². The molecule has 0 radical (unpaired) electrons. The normalized spacial score (nSPS) is 10.7. The minimum absolute atomic E-state index is 0.0441. The number of nitrogens with zero attached hydrogens (tertiary/aromatic N) is 1. The zero-order valence-corrected chi connectivity index (χ0v) is 12.2. The maximum Gasteiger partial charge on any atom is 0.251 e. The molecule has 3 N–H and O–H groups in total. The molecule has 0 saturated heterocycles. The lowest BCUT2D eigenvalue weighted by molar-refractivity contribution is 0.0948. The number of amides is 1. The van der Waals surface area contributed by atoms with Crippen LogP contribution in [0.2, 0.25) is 0 Å². The number of nitrogens with one attached hydrogen (secondary N) is 1. The van der Waals surface area contributed by atoms with Crippen molar-refractivity contribution in [3.05, 3.63) is 29.3 Å². The molecule has 4 nitrogen and oxygen atoms in total. The molecule has 0 unspecified atom stereocenters. The van der Waals surface area contributed by atoms with Gasteiger partial charge in [0.2, 0.25) is 0 Å². The van der Waals surface area contributed by atoms with Crippen molar-refractivity contribution in [2.75, 3.05) is 31.9 Å². The molecule has 0 atom stereocenters. The summed E-state index contributed by atoms with van der Waals surface area (Å²) in [5, 5.41) is 2.95. The fourth-order valence-electron chi connectivity index (χ4n) is 2.05. The summed E-state index contributed by atoms with van der Waals surface area (Å²) >= 11 is 0. The number of likely N-dealkylation sites (N-methyl/N-ethyl adjacent to an activating group) is 1. The van der Waals surface area contributed by atoms with Gasteiger partial charge in [0.25, 0.3) is 5.91 Å². The zero-order chi connectivity index (χ0) is 14.3. The van der Waals surface area contributed by atoms with E-state index in [-0.39, 0.29) is 5.91 Å². The van der Waals surface area contributed by atoms with Gasteiger partial charge in [-0.3, -0.25) is 4.79 Å². The molecule has 0 aliphatic carbocycles. The third-order valence-electron chi connectivity index (χ3n) is 3.21. The van der Waals surface area contributed by atoms with E-state index >= 15 is 0 Å². The summed E-state index contributed by atoms with van der Waals surface area (Å²) in [7, 11) is 0. The minimum atomic E-state index is -0.0441. The summed E-state index contributed by atoms with van der Waals surface area (Å²) in [5.41, 5.74) is 7.95. The topological polar surface area (TPSA) is 58.4 Å². The quantitative estimate of drug-likeness (QED) is 0.740. The fraction of sp³-hybridized carbons (Fsp3) is 0.533. The molecule has 4 heteroatoms. The Balaban J connectivity index is 2.49. The summed E-state index contributed by atoms with van der Waals surface area (Å²) in [6, 6.07) is 5.42. The Labute approximate surface area is 116 Å². The van der Waals surface area contributed by atoms with Crippen molar-refractivity contribution >= 4 is 11.6 Å². The van der Waals surface area contributed by atoms with Crippen LogP contribution in [0.25, 0.3) is 0 Å². The van der Waals surface area contributed by atoms with E-state index in [0.29, 0.717) is 17.8 Å². The predicted octanol–water partition coefficient (Wildman–Crippen LogP) is 2.04. The van der Waals surface area contributed by atoms with Gasteiger partial charge in [0, 0.05) is 24.3 Å². The highest BCUT2D eigenvalue weighted by molar-refractivity contribution is 5.96. The molecule has 0 aliphatic heterocycles. The predicted molar refractivity (Wildman–Crippen MR) is 80.3 cm³/mol. The maximum absolute atomic E-state index is 12.1. The average Bonchev–Trinajstić information content (AvgIpc) is 2.40. The smallest absolute Gasteiger partial charge is 0.251 e. The van der Waals surface area contributed by atoms with Crippen LogP contribution in [0.5, 0.6) is 0 Å². The van der Waals surface area contributed by atoms with E-state index in [1.807, 2.05) is 19.1 Å². The number of anilines is 1. The lowest BCUT2D eigenvalue weighted by Gasteiger charge is -2.19. The number of carbonyl (C=O) groups excluding carboxylic acids is 1. The van der Waals surface area contributed by atoms with E-state index in [0.717, 1.165) is 31.6 Å². The van der Waals surface area contributed by atoms with E-state index in [9.17, 15) is 4.79 Å². The van der Waals surface area contributed by atoms with Crippen LogP contribution in [0.1, 0.15) is 36.2 Å². The third kappa shape index (κ3) is 4.91. The van der Waals surface area contributed by atoms with E-state index in [4.69, 9.17) is 5.73 Å². The van der Waals surface area contributed by atoms with Gasteiger partial charge in [-0.05, 0) is 44.1 Å². The van der Waals surface area contributed by atoms with E-state index in [2.05, 4.69) is 24.1 Å². The number of rotatable bonds is 7. The molecule has 106 valence electrons. The minimum Gasteiger partial charge on any atom is -0.399 e. The molecule has 19 heavy (non-hydrogen) atoms. The van der Waals surface area contributed by atoms with Crippen molar-refractivity contribution in [1.29, 1.82) is 0 Å². The van der Waals surface area contributed by atoms with Gasteiger partial charge < -0.3 is 16.0 Å². The van der Waals surface area contributed by atoms with Crippen LogP contribution >= 0.6 is 0 Å². The van der Waals surface area contributed by atoms with Gasteiger partial charge in [-0.15, -0.1) is 0 Å². The molecule has 0 saturated carbocycles. The Morgan fingerprint density at radius 1 is 1.32 bits per heavy atom. The summed E-state index contributed by atoms with van der Waals surface area (Å²) in [5.74, 6) is -0.0441. The first-order chi connectivity index (χ1) is 9.08. The lowest BCUT2D eigenvalue weighted by Crippen LogP contribution is -2.35. The van der Waals surface area contributed by atoms with E-state index in [1.54, 1.807) is 6.07 Å². The second kappa shape index (κ2) is 7.79. The van der Waals surface area contributed by atoms with Crippen molar-refractivity contribution in [2.45, 2.75) is 27.2 Å². The molecule has 1 aromatic rings.